The Balaban J connectivity index is 1.57. The lowest BCUT2D eigenvalue weighted by atomic mass is 10.1. The zero-order valence-electron chi connectivity index (χ0n) is 15.9. The number of aromatic nitrogens is 1. The minimum atomic E-state index is -0.236. The van der Waals surface area contributed by atoms with Crippen LogP contribution in [-0.2, 0) is 4.79 Å². The molecule has 0 aliphatic heterocycles. The molecule has 1 saturated carbocycles. The normalized spacial score (nSPS) is 14.2. The Morgan fingerprint density at radius 1 is 1.29 bits per heavy atom. The van der Waals surface area contributed by atoms with E-state index in [0.29, 0.717) is 40.5 Å². The van der Waals surface area contributed by atoms with Gasteiger partial charge in [-0.1, -0.05) is 11.6 Å². The van der Waals surface area contributed by atoms with Crippen LogP contribution in [0.1, 0.15) is 43.5 Å². The lowest BCUT2D eigenvalue weighted by Gasteiger charge is -2.12. The molecule has 6 nitrogen and oxygen atoms in total. The average Bonchev–Trinajstić information content (AvgIpc) is 3.46. The number of rotatable bonds is 9. The van der Waals surface area contributed by atoms with E-state index in [0.717, 1.165) is 0 Å². The number of hydrogen-bond acceptors (Lipinski definition) is 5. The van der Waals surface area contributed by atoms with Crippen molar-refractivity contribution in [2.75, 3.05) is 6.61 Å². The summed E-state index contributed by atoms with van der Waals surface area (Å²) in [6, 6.07) is 8.29. The van der Waals surface area contributed by atoms with Crippen molar-refractivity contribution < 1.29 is 19.1 Å². The van der Waals surface area contributed by atoms with Gasteiger partial charge in [0, 0.05) is 43.3 Å². The van der Waals surface area contributed by atoms with E-state index in [1.165, 1.54) is 26.0 Å². The number of Topliss-reactive ketones (excluding diaryl/α,β-unsaturated/α-hetero) is 1. The number of hydrogen-bond donors (Lipinski definition) is 1. The lowest BCUT2D eigenvalue weighted by Crippen LogP contribution is -2.32. The van der Waals surface area contributed by atoms with E-state index in [1.54, 1.807) is 31.2 Å². The third-order valence-electron chi connectivity index (χ3n) is 4.30. The maximum Gasteiger partial charge on any atom is 0.219 e. The van der Waals surface area contributed by atoms with Crippen LogP contribution in [0.15, 0.2) is 36.5 Å². The van der Waals surface area contributed by atoms with Crippen molar-refractivity contribution in [1.29, 1.82) is 0 Å². The zero-order chi connectivity index (χ0) is 20.1. The van der Waals surface area contributed by atoms with E-state index < -0.39 is 0 Å². The molecule has 1 aromatic carbocycles. The predicted octanol–water partition coefficient (Wildman–Crippen LogP) is 4.41. The maximum atomic E-state index is 12.2. The van der Waals surface area contributed by atoms with Crippen molar-refractivity contribution in [3.63, 3.8) is 0 Å². The summed E-state index contributed by atoms with van der Waals surface area (Å²) < 4.78 is 11.4. The second kappa shape index (κ2) is 9.06. The molecule has 1 heterocycles. The first-order valence-electron chi connectivity index (χ1n) is 9.27. The van der Waals surface area contributed by atoms with Crippen molar-refractivity contribution in [3.05, 3.63) is 47.1 Å². The predicted molar refractivity (Wildman–Crippen MR) is 106 cm³/mol. The molecule has 2 aromatic rings. The van der Waals surface area contributed by atoms with Crippen molar-refractivity contribution in [3.8, 4) is 17.4 Å². The first-order chi connectivity index (χ1) is 13.4. The van der Waals surface area contributed by atoms with Crippen LogP contribution >= 0.6 is 11.6 Å². The summed E-state index contributed by atoms with van der Waals surface area (Å²) in [6.07, 6.45) is 4.12. The molecule has 1 unspecified atom stereocenters. The van der Waals surface area contributed by atoms with E-state index in [4.69, 9.17) is 21.1 Å². The fourth-order valence-corrected chi connectivity index (χ4v) is 2.87. The number of nitrogens with zero attached hydrogens (tertiary/aromatic N) is 1. The van der Waals surface area contributed by atoms with Gasteiger partial charge in [-0.25, -0.2) is 4.98 Å². The van der Waals surface area contributed by atoms with Gasteiger partial charge in [0.1, 0.15) is 11.5 Å². The Kier molecular flexibility index (Phi) is 6.52. The molecule has 1 aromatic heterocycles. The van der Waals surface area contributed by atoms with E-state index in [2.05, 4.69) is 10.3 Å². The minimum absolute atomic E-state index is 0.101. The van der Waals surface area contributed by atoms with E-state index >= 15 is 0 Å². The molecule has 148 valence electrons. The van der Waals surface area contributed by atoms with Crippen LogP contribution in [0.4, 0.5) is 0 Å². The van der Waals surface area contributed by atoms with Crippen molar-refractivity contribution in [1.82, 2.24) is 10.3 Å². The van der Waals surface area contributed by atoms with E-state index in [-0.39, 0.29) is 24.2 Å². The SMILES string of the molecule is CC(=O)NC(C)CC(=O)c1ccc(Oc2ccc(OCC3CC3)cc2Cl)nc1. The highest BCUT2D eigenvalue weighted by Gasteiger charge is 2.22. The summed E-state index contributed by atoms with van der Waals surface area (Å²) >= 11 is 6.27. The average molecular weight is 403 g/mol. The molecule has 1 N–H and O–H groups in total. The number of ketones is 1. The van der Waals surface area contributed by atoms with Gasteiger partial charge in [0.05, 0.1) is 11.6 Å². The Morgan fingerprint density at radius 3 is 2.68 bits per heavy atom. The fraction of sp³-hybridized carbons (Fsp3) is 0.381. The number of carbonyl (C=O) groups is 2. The summed E-state index contributed by atoms with van der Waals surface area (Å²) in [5, 5.41) is 3.12. The van der Waals surface area contributed by atoms with Gasteiger partial charge >= 0.3 is 0 Å². The highest BCUT2D eigenvalue weighted by atomic mass is 35.5. The van der Waals surface area contributed by atoms with Gasteiger partial charge in [0.15, 0.2) is 5.78 Å². The van der Waals surface area contributed by atoms with Crippen LogP contribution in [0, 0.1) is 5.92 Å². The third kappa shape index (κ3) is 5.96. The van der Waals surface area contributed by atoms with E-state index in [1.807, 2.05) is 6.07 Å². The summed E-state index contributed by atoms with van der Waals surface area (Å²) in [7, 11) is 0. The van der Waals surface area contributed by atoms with Crippen LogP contribution in [-0.4, -0.2) is 29.3 Å². The third-order valence-corrected chi connectivity index (χ3v) is 4.60. The highest BCUT2D eigenvalue weighted by molar-refractivity contribution is 6.32. The molecule has 1 atom stereocenters. The van der Waals surface area contributed by atoms with Crippen LogP contribution in [0.5, 0.6) is 17.4 Å². The molecule has 1 amide bonds. The van der Waals surface area contributed by atoms with Gasteiger partial charge in [-0.3, -0.25) is 9.59 Å². The molecule has 0 bridgehead atoms. The molecular formula is C21H23ClN2O4. The molecule has 0 spiro atoms. The Labute approximate surface area is 169 Å². The Morgan fingerprint density at radius 2 is 2.07 bits per heavy atom. The van der Waals surface area contributed by atoms with Crippen molar-refractivity contribution in [2.45, 2.75) is 39.2 Å². The molecule has 1 aliphatic rings. The molecule has 7 heteroatoms. The van der Waals surface area contributed by atoms with Gasteiger partial charge < -0.3 is 14.8 Å². The molecule has 0 radical (unpaired) electrons. The first kappa shape index (κ1) is 20.1. The number of pyridine rings is 1. The van der Waals surface area contributed by atoms with Gasteiger partial charge in [0.2, 0.25) is 11.8 Å². The molecule has 3 rings (SSSR count). The van der Waals surface area contributed by atoms with Gasteiger partial charge in [-0.2, -0.15) is 0 Å². The fourth-order valence-electron chi connectivity index (χ4n) is 2.66. The molecule has 1 fully saturated rings. The van der Waals surface area contributed by atoms with Crippen LogP contribution in [0.25, 0.3) is 0 Å². The van der Waals surface area contributed by atoms with Gasteiger partial charge in [-0.05, 0) is 43.9 Å². The number of ether oxygens (including phenoxy) is 2. The molecule has 0 saturated heterocycles. The topological polar surface area (TPSA) is 77.5 Å². The number of nitrogens with one attached hydrogen (secondary N) is 1. The van der Waals surface area contributed by atoms with Crippen LogP contribution < -0.4 is 14.8 Å². The Hall–Kier alpha value is -2.60. The van der Waals surface area contributed by atoms with Crippen molar-refractivity contribution >= 4 is 23.3 Å². The standard InChI is InChI=1S/C21H23ClN2O4/c1-13(24-14(2)25)9-19(26)16-5-8-21(23-11-16)28-20-7-6-17(10-18(20)22)27-12-15-3-4-15/h5-8,10-11,13,15H,3-4,9,12H2,1-2H3,(H,24,25). The second-order valence-electron chi connectivity index (χ2n) is 7.06. The van der Waals surface area contributed by atoms with E-state index in [9.17, 15) is 9.59 Å². The van der Waals surface area contributed by atoms with Crippen molar-refractivity contribution in [2.24, 2.45) is 5.92 Å². The number of halogens is 1. The Bertz CT molecular complexity index is 850. The largest absolute Gasteiger partial charge is 0.493 e. The summed E-state index contributed by atoms with van der Waals surface area (Å²) in [6.45, 7) is 3.92. The summed E-state index contributed by atoms with van der Waals surface area (Å²) in [5.74, 6) is 1.91. The quantitative estimate of drug-likeness (QED) is 0.628. The maximum absolute atomic E-state index is 12.2. The second-order valence-corrected chi connectivity index (χ2v) is 7.47. The molecule has 1 aliphatic carbocycles. The lowest BCUT2D eigenvalue weighted by molar-refractivity contribution is -0.119. The van der Waals surface area contributed by atoms with Crippen LogP contribution in [0.2, 0.25) is 5.02 Å². The highest BCUT2D eigenvalue weighted by Crippen LogP contribution is 2.34. The number of carbonyl (C=O) groups excluding carboxylic acids is 2. The van der Waals surface area contributed by atoms with Gasteiger partial charge in [0.25, 0.3) is 0 Å². The summed E-state index contributed by atoms with van der Waals surface area (Å²) in [5.41, 5.74) is 0.458. The molecular weight excluding hydrogens is 380 g/mol. The van der Waals surface area contributed by atoms with Crippen LogP contribution in [0.3, 0.4) is 0 Å². The smallest absolute Gasteiger partial charge is 0.219 e. The monoisotopic (exact) mass is 402 g/mol. The zero-order valence-corrected chi connectivity index (χ0v) is 16.7. The number of amides is 1. The first-order valence-corrected chi connectivity index (χ1v) is 9.65. The van der Waals surface area contributed by atoms with Gasteiger partial charge in [-0.15, -0.1) is 0 Å². The summed E-state index contributed by atoms with van der Waals surface area (Å²) in [4.78, 5) is 27.5. The number of benzene rings is 1. The minimum Gasteiger partial charge on any atom is -0.493 e. The molecule has 28 heavy (non-hydrogen) atoms.